The Bertz CT molecular complexity index is 442. The van der Waals surface area contributed by atoms with Gasteiger partial charge in [0.2, 0.25) is 0 Å². The van der Waals surface area contributed by atoms with Crippen LogP contribution in [-0.2, 0) is 20.8 Å². The summed E-state index contributed by atoms with van der Waals surface area (Å²) >= 11 is 0. The molecule has 5 heteroatoms. The number of carbonyl (C=O) groups is 1. The van der Waals surface area contributed by atoms with Crippen molar-refractivity contribution in [1.82, 2.24) is 5.32 Å². The first kappa shape index (κ1) is 20.5. The second-order valence-electron chi connectivity index (χ2n) is 6.64. The lowest BCUT2D eigenvalue weighted by atomic mass is 10.2. The van der Waals surface area contributed by atoms with E-state index >= 15 is 0 Å². The van der Waals surface area contributed by atoms with E-state index in [1.54, 1.807) is 0 Å². The van der Waals surface area contributed by atoms with Crippen molar-refractivity contribution in [3.05, 3.63) is 35.9 Å². The van der Waals surface area contributed by atoms with Gasteiger partial charge in [-0.3, -0.25) is 0 Å². The Hall–Kier alpha value is -1.59. The highest BCUT2D eigenvalue weighted by molar-refractivity contribution is 5.67. The number of hydrogen-bond donors (Lipinski definition) is 1. The monoisotopic (exact) mass is 337 g/mol. The molecule has 0 fully saturated rings. The van der Waals surface area contributed by atoms with E-state index in [-0.39, 0.29) is 6.09 Å². The van der Waals surface area contributed by atoms with E-state index in [1.165, 1.54) is 5.56 Å². The van der Waals surface area contributed by atoms with Crippen LogP contribution in [0.25, 0.3) is 0 Å². The molecule has 0 saturated heterocycles. The van der Waals surface area contributed by atoms with E-state index in [1.807, 2.05) is 51.1 Å². The van der Waals surface area contributed by atoms with Gasteiger partial charge >= 0.3 is 6.09 Å². The Balaban J connectivity index is 1.83. The lowest BCUT2D eigenvalue weighted by Gasteiger charge is -2.19. The first-order chi connectivity index (χ1) is 11.5. The van der Waals surface area contributed by atoms with Crippen molar-refractivity contribution in [3.63, 3.8) is 0 Å². The summed E-state index contributed by atoms with van der Waals surface area (Å²) in [6, 6.07) is 10.1. The van der Waals surface area contributed by atoms with Crippen molar-refractivity contribution in [2.24, 2.45) is 0 Å². The fourth-order valence-corrected chi connectivity index (χ4v) is 1.99. The molecule has 136 valence electrons. The Kier molecular flexibility index (Phi) is 10.1. The number of alkyl carbamates (subject to hydrolysis) is 1. The quantitative estimate of drug-likeness (QED) is 0.622. The lowest BCUT2D eigenvalue weighted by Crippen LogP contribution is -2.33. The molecule has 0 unspecified atom stereocenters. The SMILES string of the molecule is CC(C)(C)OC(=O)NCCCCCOCCOCc1ccccc1. The molecule has 0 atom stereocenters. The van der Waals surface area contributed by atoms with Crippen LogP contribution in [-0.4, -0.2) is 38.1 Å². The number of ether oxygens (including phenoxy) is 3. The van der Waals surface area contributed by atoms with Gasteiger partial charge in [0, 0.05) is 13.2 Å². The maximum Gasteiger partial charge on any atom is 0.407 e. The molecule has 0 aliphatic rings. The van der Waals surface area contributed by atoms with Crippen LogP contribution in [0.1, 0.15) is 45.6 Å². The lowest BCUT2D eigenvalue weighted by molar-refractivity contribution is 0.0392. The van der Waals surface area contributed by atoms with Gasteiger partial charge in [0.1, 0.15) is 5.60 Å². The Morgan fingerprint density at radius 1 is 0.958 bits per heavy atom. The summed E-state index contributed by atoms with van der Waals surface area (Å²) in [5.74, 6) is 0. The molecule has 1 aromatic rings. The second-order valence-corrected chi connectivity index (χ2v) is 6.64. The molecule has 0 saturated carbocycles. The summed E-state index contributed by atoms with van der Waals surface area (Å²) in [4.78, 5) is 11.4. The average molecular weight is 337 g/mol. The second kappa shape index (κ2) is 11.9. The zero-order valence-corrected chi connectivity index (χ0v) is 15.2. The molecule has 0 radical (unpaired) electrons. The van der Waals surface area contributed by atoms with Crippen LogP contribution in [0.3, 0.4) is 0 Å². The van der Waals surface area contributed by atoms with E-state index in [0.29, 0.717) is 26.4 Å². The normalized spacial score (nSPS) is 11.3. The first-order valence-corrected chi connectivity index (χ1v) is 8.63. The van der Waals surface area contributed by atoms with Crippen LogP contribution in [0.15, 0.2) is 30.3 Å². The van der Waals surface area contributed by atoms with Gasteiger partial charge in [0.05, 0.1) is 19.8 Å². The maximum atomic E-state index is 11.4. The standard InChI is InChI=1S/C19H31NO4/c1-19(2,3)24-18(21)20-12-8-5-9-13-22-14-15-23-16-17-10-6-4-7-11-17/h4,6-7,10-11H,5,8-9,12-16H2,1-3H3,(H,20,21). The highest BCUT2D eigenvalue weighted by Gasteiger charge is 2.15. The molecule has 0 bridgehead atoms. The fraction of sp³-hybridized carbons (Fsp3) is 0.632. The average Bonchev–Trinajstić information content (AvgIpc) is 2.52. The Morgan fingerprint density at radius 3 is 2.38 bits per heavy atom. The zero-order chi connectivity index (χ0) is 17.7. The summed E-state index contributed by atoms with van der Waals surface area (Å²) in [6.07, 6.45) is 2.57. The summed E-state index contributed by atoms with van der Waals surface area (Å²) in [5.41, 5.74) is 0.732. The number of carbonyl (C=O) groups excluding carboxylic acids is 1. The molecule has 24 heavy (non-hydrogen) atoms. The zero-order valence-electron chi connectivity index (χ0n) is 15.2. The largest absolute Gasteiger partial charge is 0.444 e. The van der Waals surface area contributed by atoms with Gasteiger partial charge in [-0.1, -0.05) is 30.3 Å². The molecule has 0 heterocycles. The van der Waals surface area contributed by atoms with Crippen LogP contribution in [0.2, 0.25) is 0 Å². The molecule has 0 aromatic heterocycles. The van der Waals surface area contributed by atoms with Crippen molar-refractivity contribution < 1.29 is 19.0 Å². The van der Waals surface area contributed by atoms with Crippen molar-refractivity contribution >= 4 is 6.09 Å². The van der Waals surface area contributed by atoms with E-state index in [2.05, 4.69) is 5.32 Å². The minimum absolute atomic E-state index is 0.352. The van der Waals surface area contributed by atoms with Crippen molar-refractivity contribution in [2.75, 3.05) is 26.4 Å². The highest BCUT2D eigenvalue weighted by Crippen LogP contribution is 2.06. The summed E-state index contributed by atoms with van der Waals surface area (Å²) < 4.78 is 16.2. The van der Waals surface area contributed by atoms with Crippen LogP contribution in [0, 0.1) is 0 Å². The number of rotatable bonds is 11. The minimum Gasteiger partial charge on any atom is -0.444 e. The summed E-state index contributed by atoms with van der Waals surface area (Å²) in [6.45, 7) is 8.77. The van der Waals surface area contributed by atoms with Crippen molar-refractivity contribution in [3.8, 4) is 0 Å². The van der Waals surface area contributed by atoms with Crippen LogP contribution in [0.5, 0.6) is 0 Å². The van der Waals surface area contributed by atoms with Gasteiger partial charge in [-0.25, -0.2) is 4.79 Å². The topological polar surface area (TPSA) is 56.8 Å². The third-order valence-electron chi connectivity index (χ3n) is 3.12. The molecule has 5 nitrogen and oxygen atoms in total. The molecule has 1 N–H and O–H groups in total. The summed E-state index contributed by atoms with van der Waals surface area (Å²) in [7, 11) is 0. The van der Waals surface area contributed by atoms with Gasteiger partial charge in [0.25, 0.3) is 0 Å². The molecule has 0 aliphatic heterocycles. The number of hydrogen-bond acceptors (Lipinski definition) is 4. The molecule has 1 rings (SSSR count). The smallest absolute Gasteiger partial charge is 0.407 e. The number of benzene rings is 1. The minimum atomic E-state index is -0.444. The number of nitrogens with one attached hydrogen (secondary N) is 1. The van der Waals surface area contributed by atoms with Gasteiger partial charge in [-0.2, -0.15) is 0 Å². The molecule has 1 amide bonds. The molecular weight excluding hydrogens is 306 g/mol. The fourth-order valence-electron chi connectivity index (χ4n) is 1.99. The molecule has 0 aliphatic carbocycles. The van der Waals surface area contributed by atoms with Gasteiger partial charge in [-0.05, 0) is 45.6 Å². The molecule has 1 aromatic carbocycles. The summed E-state index contributed by atoms with van der Waals surface area (Å²) in [5, 5.41) is 2.75. The predicted octanol–water partition coefficient (Wildman–Crippen LogP) is 3.91. The highest BCUT2D eigenvalue weighted by atomic mass is 16.6. The van der Waals surface area contributed by atoms with E-state index in [4.69, 9.17) is 14.2 Å². The van der Waals surface area contributed by atoms with Crippen molar-refractivity contribution in [2.45, 2.75) is 52.2 Å². The van der Waals surface area contributed by atoms with Crippen LogP contribution in [0.4, 0.5) is 4.79 Å². The van der Waals surface area contributed by atoms with Gasteiger partial charge in [-0.15, -0.1) is 0 Å². The molecule has 0 spiro atoms. The van der Waals surface area contributed by atoms with Gasteiger partial charge in [0.15, 0.2) is 0 Å². The number of unbranched alkanes of at least 4 members (excludes halogenated alkanes) is 2. The molecular formula is C19H31NO4. The third-order valence-corrected chi connectivity index (χ3v) is 3.12. The van der Waals surface area contributed by atoms with E-state index in [0.717, 1.165) is 25.9 Å². The third kappa shape index (κ3) is 11.9. The predicted molar refractivity (Wildman–Crippen MR) is 95.0 cm³/mol. The van der Waals surface area contributed by atoms with Gasteiger partial charge < -0.3 is 19.5 Å². The van der Waals surface area contributed by atoms with Crippen molar-refractivity contribution in [1.29, 1.82) is 0 Å². The maximum absolute atomic E-state index is 11.4. The number of amides is 1. The van der Waals surface area contributed by atoms with E-state index < -0.39 is 5.60 Å². The Labute approximate surface area is 145 Å². The Morgan fingerprint density at radius 2 is 1.67 bits per heavy atom. The first-order valence-electron chi connectivity index (χ1n) is 8.63. The van der Waals surface area contributed by atoms with E-state index in [9.17, 15) is 4.79 Å². The van der Waals surface area contributed by atoms with Crippen LogP contribution >= 0.6 is 0 Å². The van der Waals surface area contributed by atoms with Crippen LogP contribution < -0.4 is 5.32 Å².